The number of rotatable bonds is 3. The van der Waals surface area contributed by atoms with Crippen LogP contribution in [0.15, 0.2) is 24.3 Å². The van der Waals surface area contributed by atoms with Gasteiger partial charge in [-0.3, -0.25) is 4.79 Å². The van der Waals surface area contributed by atoms with E-state index >= 15 is 0 Å². The lowest BCUT2D eigenvalue weighted by Crippen LogP contribution is -2.54. The highest BCUT2D eigenvalue weighted by Gasteiger charge is 2.35. The number of para-hydroxylation sites is 1. The van der Waals surface area contributed by atoms with Crippen molar-refractivity contribution in [3.8, 4) is 0 Å². The minimum absolute atomic E-state index is 0. The van der Waals surface area contributed by atoms with Crippen molar-refractivity contribution in [2.75, 3.05) is 13.1 Å². The summed E-state index contributed by atoms with van der Waals surface area (Å²) in [6.07, 6.45) is 2.15. The van der Waals surface area contributed by atoms with E-state index in [0.29, 0.717) is 6.42 Å². The molecular weight excluding hydrogens is 330 g/mol. The molecule has 3 rings (SSSR count). The predicted octanol–water partition coefficient (Wildman–Crippen LogP) is 3.24. The monoisotopic (exact) mass is 353 g/mol. The van der Waals surface area contributed by atoms with Gasteiger partial charge in [0.1, 0.15) is 0 Å². The number of benzene rings is 1. The van der Waals surface area contributed by atoms with Gasteiger partial charge >= 0.3 is 0 Å². The molecule has 1 atom stereocenters. The summed E-state index contributed by atoms with van der Waals surface area (Å²) in [5.74, 6) is 0.222. The van der Waals surface area contributed by atoms with E-state index in [9.17, 15) is 4.79 Å². The number of aromatic nitrogens is 1. The van der Waals surface area contributed by atoms with Crippen molar-refractivity contribution in [2.45, 2.75) is 39.2 Å². The van der Waals surface area contributed by atoms with Crippen LogP contribution in [-0.4, -0.2) is 34.9 Å². The Kier molecular flexibility index (Phi) is 5.65. The van der Waals surface area contributed by atoms with Crippen LogP contribution in [0.5, 0.6) is 0 Å². The van der Waals surface area contributed by atoms with Gasteiger partial charge in [-0.25, -0.2) is 4.98 Å². The van der Waals surface area contributed by atoms with Crippen LogP contribution in [0.3, 0.4) is 0 Å². The number of piperidine rings is 1. The molecule has 2 heterocycles. The summed E-state index contributed by atoms with van der Waals surface area (Å²) in [5.41, 5.74) is 7.17. The maximum absolute atomic E-state index is 12.4. The van der Waals surface area contributed by atoms with Crippen molar-refractivity contribution >= 4 is 39.9 Å². The molecule has 1 amide bonds. The second-order valence-electron chi connectivity index (χ2n) is 6.77. The van der Waals surface area contributed by atoms with Gasteiger partial charge < -0.3 is 10.6 Å². The summed E-state index contributed by atoms with van der Waals surface area (Å²) in [7, 11) is 0. The molecule has 1 saturated heterocycles. The zero-order chi connectivity index (χ0) is 15.7. The summed E-state index contributed by atoms with van der Waals surface area (Å²) in [6.45, 7) is 5.82. The predicted molar refractivity (Wildman–Crippen MR) is 98.1 cm³/mol. The van der Waals surface area contributed by atoms with Crippen molar-refractivity contribution in [3.05, 3.63) is 29.3 Å². The van der Waals surface area contributed by atoms with E-state index in [1.165, 1.54) is 4.70 Å². The number of carbonyl (C=O) groups is 1. The fourth-order valence-corrected chi connectivity index (χ4v) is 3.95. The van der Waals surface area contributed by atoms with E-state index in [-0.39, 0.29) is 29.8 Å². The van der Waals surface area contributed by atoms with Gasteiger partial charge in [-0.05, 0) is 24.0 Å². The standard InChI is InChI=1S/C17H23N3OS.ClH/c1-17(2)11-20(10-9-14(17)18)16(21)8-7-15-19-12-5-3-4-6-13(12)22-15;/h3-6,14H,7-11,18H2,1-2H3;1H. The van der Waals surface area contributed by atoms with Gasteiger partial charge in [0.2, 0.25) is 5.91 Å². The lowest BCUT2D eigenvalue weighted by atomic mass is 9.79. The fraction of sp³-hybridized carbons (Fsp3) is 0.529. The molecule has 1 fully saturated rings. The molecule has 0 bridgehead atoms. The Balaban J connectivity index is 0.00000192. The number of thiazole rings is 1. The van der Waals surface area contributed by atoms with Gasteiger partial charge in [0.15, 0.2) is 0 Å². The molecule has 2 N–H and O–H groups in total. The van der Waals surface area contributed by atoms with Crippen LogP contribution in [0, 0.1) is 5.41 Å². The fourth-order valence-electron chi connectivity index (χ4n) is 2.99. The first-order valence-corrected chi connectivity index (χ1v) is 8.65. The second kappa shape index (κ2) is 7.16. The number of amides is 1. The summed E-state index contributed by atoms with van der Waals surface area (Å²) in [5, 5.41) is 1.04. The van der Waals surface area contributed by atoms with Crippen LogP contribution in [0.1, 0.15) is 31.7 Å². The van der Waals surface area contributed by atoms with E-state index in [2.05, 4.69) is 24.9 Å². The number of likely N-dealkylation sites (tertiary alicyclic amines) is 1. The molecule has 1 aliphatic rings. The van der Waals surface area contributed by atoms with Crippen molar-refractivity contribution < 1.29 is 4.79 Å². The van der Waals surface area contributed by atoms with Crippen LogP contribution in [0.2, 0.25) is 0 Å². The Hall–Kier alpha value is -1.17. The Morgan fingerprint density at radius 1 is 1.43 bits per heavy atom. The normalized spacial score (nSPS) is 20.3. The molecule has 1 unspecified atom stereocenters. The Bertz CT molecular complexity index is 652. The molecule has 4 nitrogen and oxygen atoms in total. The first kappa shape index (κ1) is 18.2. The number of nitrogens with zero attached hydrogens (tertiary/aromatic N) is 2. The third kappa shape index (κ3) is 4.03. The topological polar surface area (TPSA) is 59.2 Å². The quantitative estimate of drug-likeness (QED) is 0.921. The van der Waals surface area contributed by atoms with Crippen LogP contribution in [0.25, 0.3) is 10.2 Å². The largest absolute Gasteiger partial charge is 0.342 e. The molecule has 23 heavy (non-hydrogen) atoms. The highest BCUT2D eigenvalue weighted by atomic mass is 35.5. The number of carbonyl (C=O) groups excluding carboxylic acids is 1. The average molecular weight is 354 g/mol. The van der Waals surface area contributed by atoms with Crippen LogP contribution in [0.4, 0.5) is 0 Å². The molecule has 126 valence electrons. The first-order chi connectivity index (χ1) is 10.5. The molecule has 0 spiro atoms. The SMILES string of the molecule is CC1(C)CN(C(=O)CCc2nc3ccccc3s2)CCC1N.Cl. The van der Waals surface area contributed by atoms with Crippen LogP contribution >= 0.6 is 23.7 Å². The van der Waals surface area contributed by atoms with Crippen LogP contribution < -0.4 is 5.73 Å². The molecule has 0 saturated carbocycles. The average Bonchev–Trinajstić information content (AvgIpc) is 2.90. The van der Waals surface area contributed by atoms with E-state index in [1.54, 1.807) is 11.3 Å². The van der Waals surface area contributed by atoms with Gasteiger partial charge in [0.05, 0.1) is 15.2 Å². The number of halogens is 1. The third-order valence-corrected chi connectivity index (χ3v) is 5.65. The van der Waals surface area contributed by atoms with Crippen LogP contribution in [-0.2, 0) is 11.2 Å². The maximum atomic E-state index is 12.4. The van der Waals surface area contributed by atoms with Gasteiger partial charge in [0.25, 0.3) is 0 Å². The summed E-state index contributed by atoms with van der Waals surface area (Å²) >= 11 is 1.68. The molecule has 0 aliphatic carbocycles. The van der Waals surface area contributed by atoms with Crippen molar-refractivity contribution in [3.63, 3.8) is 0 Å². The van der Waals surface area contributed by atoms with Crippen molar-refractivity contribution in [1.82, 2.24) is 9.88 Å². The molecular formula is C17H24ClN3OS. The van der Waals surface area contributed by atoms with Crippen molar-refractivity contribution in [1.29, 1.82) is 0 Å². The summed E-state index contributed by atoms with van der Waals surface area (Å²) < 4.78 is 1.19. The zero-order valence-corrected chi connectivity index (χ0v) is 15.3. The Morgan fingerprint density at radius 2 is 2.17 bits per heavy atom. The van der Waals surface area contributed by atoms with E-state index < -0.39 is 0 Å². The maximum Gasteiger partial charge on any atom is 0.223 e. The van der Waals surface area contributed by atoms with Gasteiger partial charge in [-0.15, -0.1) is 23.7 Å². The van der Waals surface area contributed by atoms with Gasteiger partial charge in [-0.2, -0.15) is 0 Å². The zero-order valence-electron chi connectivity index (χ0n) is 13.6. The number of hydrogen-bond donors (Lipinski definition) is 1. The summed E-state index contributed by atoms with van der Waals surface area (Å²) in [6, 6.07) is 8.30. The third-order valence-electron chi connectivity index (χ3n) is 4.56. The molecule has 6 heteroatoms. The van der Waals surface area contributed by atoms with Gasteiger partial charge in [0, 0.05) is 32.0 Å². The number of fused-ring (bicyclic) bond motifs is 1. The minimum Gasteiger partial charge on any atom is -0.342 e. The minimum atomic E-state index is 0. The first-order valence-electron chi connectivity index (χ1n) is 7.83. The highest BCUT2D eigenvalue weighted by molar-refractivity contribution is 7.18. The number of nitrogens with two attached hydrogens (primary N) is 1. The molecule has 0 radical (unpaired) electrons. The molecule has 1 aromatic carbocycles. The number of hydrogen-bond acceptors (Lipinski definition) is 4. The summed E-state index contributed by atoms with van der Waals surface area (Å²) in [4.78, 5) is 19.0. The molecule has 1 aliphatic heterocycles. The highest BCUT2D eigenvalue weighted by Crippen LogP contribution is 2.28. The smallest absolute Gasteiger partial charge is 0.223 e. The van der Waals surface area contributed by atoms with Gasteiger partial charge in [-0.1, -0.05) is 26.0 Å². The van der Waals surface area contributed by atoms with E-state index in [4.69, 9.17) is 5.73 Å². The Morgan fingerprint density at radius 3 is 2.87 bits per heavy atom. The molecule has 2 aromatic rings. The lowest BCUT2D eigenvalue weighted by Gasteiger charge is -2.42. The molecule has 1 aromatic heterocycles. The Labute approximate surface area is 147 Å². The van der Waals surface area contributed by atoms with E-state index in [0.717, 1.165) is 36.5 Å². The van der Waals surface area contributed by atoms with E-state index in [1.807, 2.05) is 23.1 Å². The lowest BCUT2D eigenvalue weighted by molar-refractivity contribution is -0.134. The van der Waals surface area contributed by atoms with Crippen molar-refractivity contribution in [2.24, 2.45) is 11.1 Å². The second-order valence-corrected chi connectivity index (χ2v) is 7.89. The number of aryl methyl sites for hydroxylation is 1.